The number of piperidine rings is 1. The number of rotatable bonds is 6. The number of benzene rings is 1. The highest BCUT2D eigenvalue weighted by molar-refractivity contribution is 5.83. The molecule has 0 unspecified atom stereocenters. The van der Waals surface area contributed by atoms with E-state index in [9.17, 15) is 4.79 Å². The molecular formula is C18H27NO2. The Morgan fingerprint density at radius 3 is 2.52 bits per heavy atom. The van der Waals surface area contributed by atoms with E-state index in [1.807, 2.05) is 18.2 Å². The second kappa shape index (κ2) is 8.18. The van der Waals surface area contributed by atoms with Crippen molar-refractivity contribution in [2.75, 3.05) is 26.8 Å². The number of likely N-dealkylation sites (tertiary alicyclic amines) is 1. The summed E-state index contributed by atoms with van der Waals surface area (Å²) < 4.78 is 5.15. The Bertz CT molecular complexity index is 424. The molecule has 3 heteroatoms. The van der Waals surface area contributed by atoms with Crippen LogP contribution in [0.25, 0.3) is 0 Å². The van der Waals surface area contributed by atoms with Crippen molar-refractivity contribution in [3.8, 4) is 0 Å². The maximum absolute atomic E-state index is 12.8. The predicted octanol–water partition coefficient (Wildman–Crippen LogP) is 3.46. The Morgan fingerprint density at radius 2 is 1.95 bits per heavy atom. The van der Waals surface area contributed by atoms with Crippen molar-refractivity contribution in [3.63, 3.8) is 0 Å². The van der Waals surface area contributed by atoms with Crippen molar-refractivity contribution in [2.24, 2.45) is 5.92 Å². The predicted molar refractivity (Wildman–Crippen MR) is 85.3 cm³/mol. The van der Waals surface area contributed by atoms with Gasteiger partial charge in [-0.3, -0.25) is 4.79 Å². The van der Waals surface area contributed by atoms with Gasteiger partial charge in [0, 0.05) is 26.8 Å². The molecule has 0 radical (unpaired) electrons. The zero-order valence-corrected chi connectivity index (χ0v) is 13.3. The number of ether oxygens (including phenoxy) is 1. The fourth-order valence-corrected chi connectivity index (χ4v) is 3.19. The minimum Gasteiger partial charge on any atom is -0.385 e. The van der Waals surface area contributed by atoms with Gasteiger partial charge in [0.2, 0.25) is 5.91 Å². The van der Waals surface area contributed by atoms with Gasteiger partial charge in [0.05, 0.1) is 5.92 Å². The van der Waals surface area contributed by atoms with Crippen LogP contribution in [0.5, 0.6) is 0 Å². The molecule has 0 aliphatic carbocycles. The number of amides is 1. The molecule has 1 atom stereocenters. The summed E-state index contributed by atoms with van der Waals surface area (Å²) >= 11 is 0. The molecule has 1 aliphatic heterocycles. The Hall–Kier alpha value is -1.35. The molecule has 1 aromatic rings. The molecule has 2 rings (SSSR count). The highest BCUT2D eigenvalue weighted by Gasteiger charge is 2.27. The number of nitrogens with zero attached hydrogens (tertiary/aromatic N) is 1. The lowest BCUT2D eigenvalue weighted by Gasteiger charge is -2.34. The highest BCUT2D eigenvalue weighted by Crippen LogP contribution is 2.26. The van der Waals surface area contributed by atoms with Gasteiger partial charge in [-0.05, 0) is 37.2 Å². The molecule has 0 aromatic heterocycles. The number of hydrogen-bond acceptors (Lipinski definition) is 2. The molecule has 1 amide bonds. The summed E-state index contributed by atoms with van der Waals surface area (Å²) in [5.41, 5.74) is 1.14. The van der Waals surface area contributed by atoms with Crippen molar-refractivity contribution in [1.82, 2.24) is 4.90 Å². The van der Waals surface area contributed by atoms with Gasteiger partial charge < -0.3 is 9.64 Å². The minimum absolute atomic E-state index is 0.0155. The molecule has 21 heavy (non-hydrogen) atoms. The van der Waals surface area contributed by atoms with E-state index in [0.29, 0.717) is 11.8 Å². The van der Waals surface area contributed by atoms with E-state index in [0.717, 1.165) is 50.9 Å². The Labute approximate surface area is 128 Å². The molecule has 1 aliphatic rings. The van der Waals surface area contributed by atoms with Crippen LogP contribution < -0.4 is 0 Å². The van der Waals surface area contributed by atoms with Gasteiger partial charge in [0.1, 0.15) is 0 Å². The summed E-state index contributed by atoms with van der Waals surface area (Å²) in [6.07, 6.45) is 4.21. The van der Waals surface area contributed by atoms with Gasteiger partial charge in [-0.1, -0.05) is 37.3 Å². The molecule has 0 bridgehead atoms. The highest BCUT2D eigenvalue weighted by atomic mass is 16.5. The first-order valence-electron chi connectivity index (χ1n) is 8.09. The van der Waals surface area contributed by atoms with Gasteiger partial charge in [-0.15, -0.1) is 0 Å². The monoisotopic (exact) mass is 289 g/mol. The summed E-state index contributed by atoms with van der Waals surface area (Å²) in [5.74, 6) is 1.03. The summed E-state index contributed by atoms with van der Waals surface area (Å²) in [7, 11) is 1.75. The van der Waals surface area contributed by atoms with Crippen LogP contribution in [-0.4, -0.2) is 37.6 Å². The largest absolute Gasteiger partial charge is 0.385 e. The molecule has 0 N–H and O–H groups in total. The topological polar surface area (TPSA) is 29.5 Å². The van der Waals surface area contributed by atoms with E-state index in [2.05, 4.69) is 24.0 Å². The van der Waals surface area contributed by atoms with E-state index >= 15 is 0 Å². The van der Waals surface area contributed by atoms with Gasteiger partial charge in [0.25, 0.3) is 0 Å². The molecule has 1 heterocycles. The lowest BCUT2D eigenvalue weighted by atomic mass is 9.91. The van der Waals surface area contributed by atoms with E-state index in [4.69, 9.17) is 4.74 Å². The van der Waals surface area contributed by atoms with Crippen molar-refractivity contribution >= 4 is 5.91 Å². The third kappa shape index (κ3) is 4.31. The fourth-order valence-electron chi connectivity index (χ4n) is 3.19. The first kappa shape index (κ1) is 16.0. The summed E-state index contributed by atoms with van der Waals surface area (Å²) in [6, 6.07) is 10.2. The fraction of sp³-hybridized carbons (Fsp3) is 0.611. The van der Waals surface area contributed by atoms with E-state index < -0.39 is 0 Å². The van der Waals surface area contributed by atoms with Crippen LogP contribution in [0.4, 0.5) is 0 Å². The summed E-state index contributed by atoms with van der Waals surface area (Å²) in [5, 5.41) is 0. The molecule has 1 saturated heterocycles. The van der Waals surface area contributed by atoms with Crippen molar-refractivity contribution in [3.05, 3.63) is 35.9 Å². The van der Waals surface area contributed by atoms with Gasteiger partial charge in [-0.2, -0.15) is 0 Å². The van der Waals surface area contributed by atoms with Crippen LogP contribution in [0.2, 0.25) is 0 Å². The second-order valence-corrected chi connectivity index (χ2v) is 5.92. The van der Waals surface area contributed by atoms with Crippen molar-refractivity contribution in [2.45, 2.75) is 38.5 Å². The summed E-state index contributed by atoms with van der Waals surface area (Å²) in [6.45, 7) is 4.73. The minimum atomic E-state index is 0.0155. The number of methoxy groups -OCH3 is 1. The SMILES string of the molecule is CC[C@@H](C(=O)N1CCC(CCOC)CC1)c1ccccc1. The smallest absolute Gasteiger partial charge is 0.230 e. The lowest BCUT2D eigenvalue weighted by Crippen LogP contribution is -2.41. The van der Waals surface area contributed by atoms with Crippen LogP contribution in [0.1, 0.15) is 44.1 Å². The Morgan fingerprint density at radius 1 is 1.29 bits per heavy atom. The van der Waals surface area contributed by atoms with Crippen LogP contribution in [-0.2, 0) is 9.53 Å². The number of carbonyl (C=O) groups is 1. The third-order valence-corrected chi connectivity index (χ3v) is 4.56. The molecule has 1 fully saturated rings. The van der Waals surface area contributed by atoms with Crippen molar-refractivity contribution < 1.29 is 9.53 Å². The van der Waals surface area contributed by atoms with E-state index in [-0.39, 0.29) is 5.92 Å². The zero-order chi connectivity index (χ0) is 15.1. The molecular weight excluding hydrogens is 262 g/mol. The normalized spacial score (nSPS) is 17.7. The van der Waals surface area contributed by atoms with Crippen molar-refractivity contribution in [1.29, 1.82) is 0 Å². The number of hydrogen-bond donors (Lipinski definition) is 0. The first-order chi connectivity index (χ1) is 10.3. The lowest BCUT2D eigenvalue weighted by molar-refractivity contribution is -0.134. The zero-order valence-electron chi connectivity index (χ0n) is 13.3. The Balaban J connectivity index is 1.91. The number of carbonyl (C=O) groups excluding carboxylic acids is 1. The van der Waals surface area contributed by atoms with Crippen LogP contribution in [0.15, 0.2) is 30.3 Å². The van der Waals surface area contributed by atoms with Crippen LogP contribution >= 0.6 is 0 Å². The maximum Gasteiger partial charge on any atom is 0.230 e. The van der Waals surface area contributed by atoms with Crippen LogP contribution in [0, 0.1) is 5.92 Å². The molecule has 3 nitrogen and oxygen atoms in total. The van der Waals surface area contributed by atoms with E-state index in [1.165, 1.54) is 0 Å². The van der Waals surface area contributed by atoms with Crippen LogP contribution in [0.3, 0.4) is 0 Å². The molecule has 0 spiro atoms. The average Bonchev–Trinajstić information content (AvgIpc) is 2.55. The average molecular weight is 289 g/mol. The Kier molecular flexibility index (Phi) is 6.24. The van der Waals surface area contributed by atoms with Gasteiger partial charge >= 0.3 is 0 Å². The maximum atomic E-state index is 12.8. The van der Waals surface area contributed by atoms with Gasteiger partial charge in [0.15, 0.2) is 0 Å². The van der Waals surface area contributed by atoms with E-state index in [1.54, 1.807) is 7.11 Å². The molecule has 0 saturated carbocycles. The first-order valence-corrected chi connectivity index (χ1v) is 8.09. The van der Waals surface area contributed by atoms with Gasteiger partial charge in [-0.25, -0.2) is 0 Å². The molecule has 116 valence electrons. The quantitative estimate of drug-likeness (QED) is 0.802. The second-order valence-electron chi connectivity index (χ2n) is 5.92. The standard InChI is InChI=1S/C18H27NO2/c1-3-17(16-7-5-4-6-8-16)18(20)19-12-9-15(10-13-19)11-14-21-2/h4-8,15,17H,3,9-14H2,1-2H3/t17-/m1/s1. The summed E-state index contributed by atoms with van der Waals surface area (Å²) in [4.78, 5) is 14.8. The third-order valence-electron chi connectivity index (χ3n) is 4.56. The molecule has 1 aromatic carbocycles.